The van der Waals surface area contributed by atoms with E-state index in [1.54, 1.807) is 0 Å². The molecule has 0 heterocycles. The first-order valence-corrected chi connectivity index (χ1v) is 11.5. The van der Waals surface area contributed by atoms with Crippen LogP contribution < -0.4 is 0 Å². The molecule has 4 aliphatic carbocycles. The molecular formula is C24H38O4. The van der Waals surface area contributed by atoms with Crippen LogP contribution in [0.4, 0.5) is 0 Å². The minimum Gasteiger partial charge on any atom is -0.481 e. The van der Waals surface area contributed by atoms with E-state index in [0.717, 1.165) is 31.3 Å². The van der Waals surface area contributed by atoms with Gasteiger partial charge in [0.2, 0.25) is 0 Å². The Balaban J connectivity index is 1.57. The zero-order chi connectivity index (χ0) is 20.3. The van der Waals surface area contributed by atoms with Gasteiger partial charge in [-0.05, 0) is 97.4 Å². The van der Waals surface area contributed by atoms with Crippen molar-refractivity contribution in [2.75, 3.05) is 0 Å². The standard InChI is InChI=1S/C24H38O4/c1-14(4-7-22(27)28)17-5-6-18-16-13-21(26)20-12-15(25)8-10-24(20,3)19(16)9-11-23(17,18)2/h12,14-19,21,25-26H,4-11,13H2,1-3H3,(H,27,28)/t14-,15+,16-,17+,18-,19-,21-,23+,24+/m0/s1. The molecule has 4 heteroatoms. The summed E-state index contributed by atoms with van der Waals surface area (Å²) in [6.07, 6.45) is 9.72. The lowest BCUT2D eigenvalue weighted by Gasteiger charge is -2.60. The van der Waals surface area contributed by atoms with Gasteiger partial charge in [0.15, 0.2) is 0 Å². The van der Waals surface area contributed by atoms with Gasteiger partial charge in [-0.25, -0.2) is 0 Å². The molecule has 28 heavy (non-hydrogen) atoms. The van der Waals surface area contributed by atoms with E-state index >= 15 is 0 Å². The summed E-state index contributed by atoms with van der Waals surface area (Å²) in [5, 5.41) is 30.2. The van der Waals surface area contributed by atoms with Gasteiger partial charge in [-0.2, -0.15) is 0 Å². The van der Waals surface area contributed by atoms with Crippen molar-refractivity contribution in [2.45, 2.75) is 90.8 Å². The molecule has 9 atom stereocenters. The van der Waals surface area contributed by atoms with Crippen LogP contribution in [-0.2, 0) is 4.79 Å². The number of aliphatic hydroxyl groups is 2. The number of hydrogen-bond acceptors (Lipinski definition) is 3. The molecule has 0 radical (unpaired) electrons. The minimum atomic E-state index is -0.683. The number of hydrogen-bond donors (Lipinski definition) is 3. The molecule has 0 amide bonds. The summed E-state index contributed by atoms with van der Waals surface area (Å²) in [5.41, 5.74) is 1.43. The van der Waals surface area contributed by atoms with E-state index in [4.69, 9.17) is 5.11 Å². The Labute approximate surface area is 169 Å². The van der Waals surface area contributed by atoms with E-state index in [0.29, 0.717) is 29.6 Å². The molecule has 0 unspecified atom stereocenters. The zero-order valence-corrected chi connectivity index (χ0v) is 17.7. The summed E-state index contributed by atoms with van der Waals surface area (Å²) in [6.45, 7) is 7.07. The lowest BCUT2D eigenvalue weighted by Crippen LogP contribution is -2.54. The van der Waals surface area contributed by atoms with E-state index in [-0.39, 0.29) is 17.3 Å². The Kier molecular flexibility index (Phi) is 5.19. The third-order valence-corrected chi connectivity index (χ3v) is 9.67. The second-order valence-electron chi connectivity index (χ2n) is 10.9. The van der Waals surface area contributed by atoms with Crippen molar-refractivity contribution < 1.29 is 20.1 Å². The van der Waals surface area contributed by atoms with Gasteiger partial charge in [-0.15, -0.1) is 0 Å². The Morgan fingerprint density at radius 2 is 1.89 bits per heavy atom. The van der Waals surface area contributed by atoms with E-state index in [1.807, 2.05) is 6.08 Å². The van der Waals surface area contributed by atoms with Gasteiger partial charge in [0.25, 0.3) is 0 Å². The molecule has 0 aromatic heterocycles. The van der Waals surface area contributed by atoms with Gasteiger partial charge in [-0.1, -0.05) is 26.8 Å². The van der Waals surface area contributed by atoms with E-state index in [2.05, 4.69) is 20.8 Å². The average Bonchev–Trinajstić information content (AvgIpc) is 2.99. The normalized spacial score (nSPS) is 48.8. The van der Waals surface area contributed by atoms with Crippen LogP contribution in [-0.4, -0.2) is 33.5 Å². The number of carbonyl (C=O) groups is 1. The summed E-state index contributed by atoms with van der Waals surface area (Å²) in [6, 6.07) is 0. The van der Waals surface area contributed by atoms with Crippen molar-refractivity contribution >= 4 is 5.97 Å². The first-order valence-electron chi connectivity index (χ1n) is 11.5. The predicted molar refractivity (Wildman–Crippen MR) is 109 cm³/mol. The molecule has 4 rings (SSSR count). The third-order valence-electron chi connectivity index (χ3n) is 9.67. The molecule has 0 aliphatic heterocycles. The van der Waals surface area contributed by atoms with Gasteiger partial charge in [0.05, 0.1) is 12.2 Å². The summed E-state index contributed by atoms with van der Waals surface area (Å²) in [7, 11) is 0. The number of carboxylic acid groups (broad SMARTS) is 1. The Morgan fingerprint density at radius 3 is 2.61 bits per heavy atom. The van der Waals surface area contributed by atoms with E-state index < -0.39 is 18.2 Å². The fraction of sp³-hybridized carbons (Fsp3) is 0.875. The third kappa shape index (κ3) is 3.06. The lowest BCUT2D eigenvalue weighted by atomic mass is 9.46. The minimum absolute atomic E-state index is 0.0376. The largest absolute Gasteiger partial charge is 0.481 e. The molecule has 0 aromatic carbocycles. The monoisotopic (exact) mass is 390 g/mol. The lowest BCUT2D eigenvalue weighted by molar-refractivity contribution is -0.137. The molecule has 0 spiro atoms. The van der Waals surface area contributed by atoms with E-state index in [1.165, 1.54) is 25.7 Å². The highest BCUT2D eigenvalue weighted by Gasteiger charge is 2.60. The highest BCUT2D eigenvalue weighted by atomic mass is 16.4. The topological polar surface area (TPSA) is 77.8 Å². The SMILES string of the molecule is C[C@@H](CCC(=O)O)[C@H]1CC[C@H]2[C@@H]3C[C@H](O)C4=C[C@H](O)CC[C@]4(C)[C@H]3CC[C@]12C. The zero-order valence-electron chi connectivity index (χ0n) is 17.7. The maximum Gasteiger partial charge on any atom is 0.303 e. The van der Waals surface area contributed by atoms with Crippen molar-refractivity contribution in [3.05, 3.63) is 11.6 Å². The Bertz CT molecular complexity index is 657. The Morgan fingerprint density at radius 1 is 1.14 bits per heavy atom. The number of fused-ring (bicyclic) bond motifs is 5. The molecule has 0 saturated heterocycles. The predicted octanol–water partition coefficient (Wildman–Crippen LogP) is 4.40. The first-order chi connectivity index (χ1) is 13.2. The number of aliphatic carboxylic acids is 1. The molecular weight excluding hydrogens is 352 g/mol. The van der Waals surface area contributed by atoms with Crippen LogP contribution in [0.2, 0.25) is 0 Å². The van der Waals surface area contributed by atoms with Crippen LogP contribution in [0.15, 0.2) is 11.6 Å². The van der Waals surface area contributed by atoms with Gasteiger partial charge in [-0.3, -0.25) is 4.79 Å². The van der Waals surface area contributed by atoms with E-state index in [9.17, 15) is 15.0 Å². The molecule has 0 aromatic rings. The number of carboxylic acids is 1. The number of rotatable bonds is 4. The highest BCUT2D eigenvalue weighted by molar-refractivity contribution is 5.66. The quantitative estimate of drug-likeness (QED) is 0.622. The van der Waals surface area contributed by atoms with Crippen molar-refractivity contribution in [1.82, 2.24) is 0 Å². The van der Waals surface area contributed by atoms with Crippen LogP contribution in [0.1, 0.15) is 78.6 Å². The van der Waals surface area contributed by atoms with Crippen molar-refractivity contribution in [1.29, 1.82) is 0 Å². The second kappa shape index (κ2) is 7.12. The molecule has 3 fully saturated rings. The molecule has 0 bridgehead atoms. The van der Waals surface area contributed by atoms with Gasteiger partial charge >= 0.3 is 5.97 Å². The summed E-state index contributed by atoms with van der Waals surface area (Å²) >= 11 is 0. The second-order valence-corrected chi connectivity index (χ2v) is 10.9. The van der Waals surface area contributed by atoms with Gasteiger partial charge in [0, 0.05) is 6.42 Å². The van der Waals surface area contributed by atoms with Crippen LogP contribution in [0.25, 0.3) is 0 Å². The maximum atomic E-state index is 11.0. The number of aliphatic hydroxyl groups excluding tert-OH is 2. The van der Waals surface area contributed by atoms with Crippen LogP contribution >= 0.6 is 0 Å². The summed E-state index contributed by atoms with van der Waals surface area (Å²) in [5.74, 6) is 2.18. The first kappa shape index (κ1) is 20.4. The van der Waals surface area contributed by atoms with Crippen LogP contribution in [0, 0.1) is 40.4 Å². The summed E-state index contributed by atoms with van der Waals surface area (Å²) in [4.78, 5) is 11.0. The van der Waals surface area contributed by atoms with Crippen LogP contribution in [0.5, 0.6) is 0 Å². The molecule has 158 valence electrons. The maximum absolute atomic E-state index is 11.0. The molecule has 4 aliphatic rings. The molecule has 3 N–H and O–H groups in total. The molecule has 3 saturated carbocycles. The van der Waals surface area contributed by atoms with Crippen molar-refractivity contribution in [2.24, 2.45) is 40.4 Å². The fourth-order valence-corrected chi connectivity index (χ4v) is 8.28. The summed E-state index contributed by atoms with van der Waals surface area (Å²) < 4.78 is 0. The average molecular weight is 391 g/mol. The van der Waals surface area contributed by atoms with Crippen molar-refractivity contribution in [3.63, 3.8) is 0 Å². The van der Waals surface area contributed by atoms with Gasteiger partial charge < -0.3 is 15.3 Å². The Hall–Kier alpha value is -0.870. The fourth-order valence-electron chi connectivity index (χ4n) is 8.28. The van der Waals surface area contributed by atoms with Crippen molar-refractivity contribution in [3.8, 4) is 0 Å². The molecule has 4 nitrogen and oxygen atoms in total. The van der Waals surface area contributed by atoms with Crippen LogP contribution in [0.3, 0.4) is 0 Å². The highest BCUT2D eigenvalue weighted by Crippen LogP contribution is 2.67. The smallest absolute Gasteiger partial charge is 0.303 e. The van der Waals surface area contributed by atoms with Gasteiger partial charge in [0.1, 0.15) is 0 Å².